The summed E-state index contributed by atoms with van der Waals surface area (Å²) in [6.07, 6.45) is 12.6. The van der Waals surface area contributed by atoms with Crippen LogP contribution in [0, 0.1) is 0 Å². The van der Waals surface area contributed by atoms with Gasteiger partial charge in [-0.15, -0.1) is 12.4 Å². The third-order valence-corrected chi connectivity index (χ3v) is 3.99. The van der Waals surface area contributed by atoms with E-state index in [9.17, 15) is 0 Å². The zero-order valence-electron chi connectivity index (χ0n) is 12.0. The third-order valence-electron chi connectivity index (χ3n) is 3.31. The maximum Gasteiger partial charge on any atom is 0.0171 e. The Kier molecular flexibility index (Phi) is 17.2. The summed E-state index contributed by atoms with van der Waals surface area (Å²) in [5.41, 5.74) is 0. The SMILES string of the molecule is CCCCCCCCCCC(C)N(S)CC.Cl. The third kappa shape index (κ3) is 12.8. The topological polar surface area (TPSA) is 3.24 Å². The van der Waals surface area contributed by atoms with Crippen LogP contribution >= 0.6 is 25.2 Å². The Morgan fingerprint density at radius 1 is 0.882 bits per heavy atom. The fraction of sp³-hybridized carbons (Fsp3) is 1.00. The summed E-state index contributed by atoms with van der Waals surface area (Å²) < 4.78 is 2.14. The van der Waals surface area contributed by atoms with Gasteiger partial charge < -0.3 is 0 Å². The van der Waals surface area contributed by atoms with Gasteiger partial charge in [-0.2, -0.15) is 0 Å². The number of thiol groups is 1. The molecule has 0 heterocycles. The molecule has 0 radical (unpaired) electrons. The second kappa shape index (κ2) is 14.7. The first kappa shape index (κ1) is 19.9. The monoisotopic (exact) mass is 281 g/mol. The molecule has 0 saturated carbocycles. The van der Waals surface area contributed by atoms with Gasteiger partial charge in [0.05, 0.1) is 0 Å². The molecule has 0 aromatic heterocycles. The molecule has 3 heteroatoms. The lowest BCUT2D eigenvalue weighted by Crippen LogP contribution is -2.23. The summed E-state index contributed by atoms with van der Waals surface area (Å²) in [4.78, 5) is 0. The molecule has 0 aromatic rings. The Morgan fingerprint density at radius 3 is 1.82 bits per heavy atom. The highest BCUT2D eigenvalue weighted by molar-refractivity contribution is 7.77. The van der Waals surface area contributed by atoms with Gasteiger partial charge >= 0.3 is 0 Å². The molecule has 1 atom stereocenters. The zero-order chi connectivity index (χ0) is 12.2. The lowest BCUT2D eigenvalue weighted by Gasteiger charge is -2.21. The summed E-state index contributed by atoms with van der Waals surface area (Å²) in [5.74, 6) is 0. The molecule has 0 spiro atoms. The highest BCUT2D eigenvalue weighted by Gasteiger charge is 2.06. The molecule has 0 aliphatic rings. The number of halogens is 1. The van der Waals surface area contributed by atoms with Crippen LogP contribution in [0.3, 0.4) is 0 Å². The van der Waals surface area contributed by atoms with Crippen LogP contribution in [0.15, 0.2) is 0 Å². The van der Waals surface area contributed by atoms with E-state index < -0.39 is 0 Å². The van der Waals surface area contributed by atoms with Gasteiger partial charge in [-0.05, 0) is 13.3 Å². The molecule has 0 aromatic carbocycles. The van der Waals surface area contributed by atoms with E-state index in [-0.39, 0.29) is 12.4 Å². The van der Waals surface area contributed by atoms with Crippen LogP contribution in [-0.2, 0) is 0 Å². The Balaban J connectivity index is 0. The molecule has 0 saturated heterocycles. The van der Waals surface area contributed by atoms with Crippen molar-refractivity contribution in [1.82, 2.24) is 4.31 Å². The molecule has 106 valence electrons. The van der Waals surface area contributed by atoms with Crippen molar-refractivity contribution in [3.8, 4) is 0 Å². The maximum absolute atomic E-state index is 4.44. The van der Waals surface area contributed by atoms with Crippen LogP contribution in [0.1, 0.15) is 78.6 Å². The highest BCUT2D eigenvalue weighted by atomic mass is 35.5. The van der Waals surface area contributed by atoms with Crippen molar-refractivity contribution in [1.29, 1.82) is 0 Å². The summed E-state index contributed by atoms with van der Waals surface area (Å²) in [7, 11) is 0. The van der Waals surface area contributed by atoms with E-state index in [1.54, 1.807) is 0 Å². The van der Waals surface area contributed by atoms with Crippen LogP contribution in [-0.4, -0.2) is 16.9 Å². The van der Waals surface area contributed by atoms with E-state index in [1.165, 1.54) is 57.8 Å². The van der Waals surface area contributed by atoms with Gasteiger partial charge in [0.15, 0.2) is 0 Å². The van der Waals surface area contributed by atoms with Crippen LogP contribution in [0.4, 0.5) is 0 Å². The highest BCUT2D eigenvalue weighted by Crippen LogP contribution is 2.13. The Hall–Kier alpha value is 0.600. The van der Waals surface area contributed by atoms with Crippen LogP contribution < -0.4 is 0 Å². The average molecular weight is 282 g/mol. The Morgan fingerprint density at radius 2 is 1.35 bits per heavy atom. The Bertz CT molecular complexity index is 144. The van der Waals surface area contributed by atoms with E-state index in [0.29, 0.717) is 6.04 Å². The molecule has 1 unspecified atom stereocenters. The van der Waals surface area contributed by atoms with Crippen LogP contribution in [0.5, 0.6) is 0 Å². The lowest BCUT2D eigenvalue weighted by atomic mass is 10.1. The number of hydrogen-bond acceptors (Lipinski definition) is 2. The van der Waals surface area contributed by atoms with E-state index in [0.717, 1.165) is 6.54 Å². The first-order valence-electron chi connectivity index (χ1n) is 7.17. The number of rotatable bonds is 11. The summed E-state index contributed by atoms with van der Waals surface area (Å²) in [6, 6.07) is 0.633. The largest absolute Gasteiger partial charge is 0.251 e. The summed E-state index contributed by atoms with van der Waals surface area (Å²) in [6.45, 7) is 7.76. The minimum atomic E-state index is 0. The van der Waals surface area contributed by atoms with Crippen LogP contribution in [0.2, 0.25) is 0 Å². The van der Waals surface area contributed by atoms with Gasteiger partial charge in [0, 0.05) is 12.6 Å². The van der Waals surface area contributed by atoms with E-state index in [2.05, 4.69) is 37.9 Å². The molecule has 0 bridgehead atoms. The van der Waals surface area contributed by atoms with Crippen LogP contribution in [0.25, 0.3) is 0 Å². The lowest BCUT2D eigenvalue weighted by molar-refractivity contribution is 0.361. The number of unbranched alkanes of at least 4 members (excludes halogenated alkanes) is 7. The molecule has 0 aliphatic heterocycles. The summed E-state index contributed by atoms with van der Waals surface area (Å²) >= 11 is 4.44. The Labute approximate surface area is 121 Å². The second-order valence-electron chi connectivity index (χ2n) is 4.87. The molecule has 0 aliphatic carbocycles. The standard InChI is InChI=1S/C14H31NS.ClH/c1-4-6-7-8-9-10-11-12-13-14(3)15(16)5-2;/h14,16H,4-13H2,1-3H3;1H. The van der Waals surface area contributed by atoms with Crippen molar-refractivity contribution in [2.24, 2.45) is 0 Å². The van der Waals surface area contributed by atoms with Gasteiger partial charge in [0.1, 0.15) is 0 Å². The average Bonchev–Trinajstić information content (AvgIpc) is 2.31. The van der Waals surface area contributed by atoms with E-state index >= 15 is 0 Å². The molecular formula is C14H32ClNS. The second-order valence-corrected chi connectivity index (χ2v) is 5.38. The first-order chi connectivity index (χ1) is 7.72. The maximum atomic E-state index is 4.44. The van der Waals surface area contributed by atoms with E-state index in [1.807, 2.05) is 0 Å². The predicted molar refractivity (Wildman–Crippen MR) is 85.3 cm³/mol. The van der Waals surface area contributed by atoms with Crippen molar-refractivity contribution in [2.45, 2.75) is 84.6 Å². The van der Waals surface area contributed by atoms with Gasteiger partial charge in [0.2, 0.25) is 0 Å². The minimum Gasteiger partial charge on any atom is -0.251 e. The zero-order valence-corrected chi connectivity index (χ0v) is 13.7. The van der Waals surface area contributed by atoms with Crippen molar-refractivity contribution >= 4 is 25.2 Å². The van der Waals surface area contributed by atoms with Crippen molar-refractivity contribution in [3.05, 3.63) is 0 Å². The first-order valence-corrected chi connectivity index (χ1v) is 7.57. The molecule has 0 N–H and O–H groups in total. The van der Waals surface area contributed by atoms with Crippen molar-refractivity contribution in [3.63, 3.8) is 0 Å². The van der Waals surface area contributed by atoms with E-state index in [4.69, 9.17) is 0 Å². The molecule has 17 heavy (non-hydrogen) atoms. The van der Waals surface area contributed by atoms with Gasteiger partial charge in [0.25, 0.3) is 0 Å². The van der Waals surface area contributed by atoms with Gasteiger partial charge in [-0.25, -0.2) is 0 Å². The summed E-state index contributed by atoms with van der Waals surface area (Å²) in [5, 5.41) is 0. The fourth-order valence-electron chi connectivity index (χ4n) is 2.03. The quantitative estimate of drug-likeness (QED) is 0.387. The number of nitrogens with zero attached hydrogens (tertiary/aromatic N) is 1. The number of hydrogen-bond donors (Lipinski definition) is 1. The van der Waals surface area contributed by atoms with Gasteiger partial charge in [-0.3, -0.25) is 4.31 Å². The van der Waals surface area contributed by atoms with Crippen molar-refractivity contribution < 1.29 is 0 Å². The molecule has 0 amide bonds. The van der Waals surface area contributed by atoms with Crippen molar-refractivity contribution in [2.75, 3.05) is 6.54 Å². The molecular weight excluding hydrogens is 250 g/mol. The fourth-order valence-corrected chi connectivity index (χ4v) is 2.15. The smallest absolute Gasteiger partial charge is 0.0171 e. The van der Waals surface area contributed by atoms with Gasteiger partial charge in [-0.1, -0.05) is 78.0 Å². The normalized spacial score (nSPS) is 12.5. The minimum absolute atomic E-state index is 0. The molecule has 1 nitrogen and oxygen atoms in total. The molecule has 0 rings (SSSR count). The molecule has 0 fully saturated rings. The predicted octanol–water partition coefficient (Wildman–Crippen LogP) is 5.49.